The van der Waals surface area contributed by atoms with Gasteiger partial charge in [0.05, 0.1) is 70.4 Å². The molecule has 2 aromatic rings. The molecular weight excluding hydrogens is 1070 g/mol. The second-order valence-electron chi connectivity index (χ2n) is 24.0. The van der Waals surface area contributed by atoms with Crippen LogP contribution in [-0.2, 0) is 47.6 Å². The molecule has 0 bridgehead atoms. The van der Waals surface area contributed by atoms with Crippen LogP contribution in [0.4, 0.5) is 5.69 Å². The molecule has 0 spiro atoms. The Morgan fingerprint density at radius 2 is 1.63 bits per heavy atom. The quantitative estimate of drug-likeness (QED) is 0.0479. The van der Waals surface area contributed by atoms with Gasteiger partial charge in [-0.2, -0.15) is 0 Å². The van der Waals surface area contributed by atoms with E-state index in [1.54, 1.807) is 60.6 Å². The van der Waals surface area contributed by atoms with Crippen LogP contribution in [0.5, 0.6) is 0 Å². The number of aliphatic hydroxyl groups excluding tert-OH is 2. The molecule has 7 N–H and O–H groups in total. The summed E-state index contributed by atoms with van der Waals surface area (Å²) in [7, 11) is 5.20. The number of carbonyl (C=O) groups excluding carboxylic acids is 2. The lowest BCUT2D eigenvalue weighted by Crippen LogP contribution is -2.61. The van der Waals surface area contributed by atoms with Gasteiger partial charge in [-0.25, -0.2) is 4.79 Å². The van der Waals surface area contributed by atoms with Crippen molar-refractivity contribution in [2.45, 2.75) is 218 Å². The third-order valence-electron chi connectivity index (χ3n) is 17.0. The van der Waals surface area contributed by atoms with Crippen molar-refractivity contribution < 1.29 is 77.9 Å². The number of hydrogen-bond donors (Lipinski definition) is 7. The standard InChI is InChI=1S/C58H92ClN5O17/c1-15-23-75-62-46-30(3)27-56(9,72)51(81-55-48(67)42(63(12)13)24-31(4)76-55)33(6)49(34(7)54(71)78-43(16-2)58(11,73)50(68)32(46)5)80-45-28-57(10,74-14)52(35(8)77-45)79-44(65)19-20-60-21-22-61-40-25-37-41(26-39(40)59)64(36-17-18-36)29-38(47(37)66)53(69)70/h25-26,29-36,42-43,45,48-52,55,60-61,67-68,72-73H,15-24,27-28H2,1-14H3,(H,69,70)/b62-46+/t30-,31-,32+,33+,34-,35+,42+,43-,45+,48-,49?,50+,51-,52+,55+,56-,57-,58-/m1/s1. The molecule has 18 atom stereocenters. The van der Waals surface area contributed by atoms with E-state index in [0.717, 1.165) is 12.8 Å². The van der Waals surface area contributed by atoms with E-state index in [-0.39, 0.29) is 68.0 Å². The average Bonchev–Trinajstić information content (AvgIpc) is 4.42. The smallest absolute Gasteiger partial charge is 0.341 e. The monoisotopic (exact) mass is 1170 g/mol. The molecule has 1 aromatic carbocycles. The number of benzene rings is 1. The Morgan fingerprint density at radius 1 is 0.938 bits per heavy atom. The predicted molar refractivity (Wildman–Crippen MR) is 303 cm³/mol. The van der Waals surface area contributed by atoms with E-state index in [0.29, 0.717) is 47.9 Å². The maximum Gasteiger partial charge on any atom is 0.341 e. The van der Waals surface area contributed by atoms with E-state index in [1.165, 1.54) is 20.2 Å². The van der Waals surface area contributed by atoms with Crippen LogP contribution in [0, 0.1) is 23.7 Å². The number of carbonyl (C=O) groups is 3. The van der Waals surface area contributed by atoms with Gasteiger partial charge in [0.1, 0.15) is 35.6 Å². The minimum atomic E-state index is -1.99. The number of oxime groups is 1. The van der Waals surface area contributed by atoms with Crippen LogP contribution in [0.25, 0.3) is 10.9 Å². The number of ether oxygens (including phenoxy) is 7. The Labute approximate surface area is 481 Å². The van der Waals surface area contributed by atoms with Crippen molar-refractivity contribution in [1.82, 2.24) is 14.8 Å². The first kappa shape index (κ1) is 66.1. The van der Waals surface area contributed by atoms with Crippen molar-refractivity contribution in [3.05, 3.63) is 39.1 Å². The molecule has 3 aliphatic heterocycles. The minimum absolute atomic E-state index is 0.00343. The van der Waals surface area contributed by atoms with E-state index in [1.807, 2.05) is 44.3 Å². The van der Waals surface area contributed by atoms with E-state index >= 15 is 0 Å². The molecule has 6 rings (SSSR count). The predicted octanol–water partition coefficient (Wildman–Crippen LogP) is 5.64. The number of methoxy groups -OCH3 is 1. The summed E-state index contributed by atoms with van der Waals surface area (Å²) in [4.78, 5) is 60.9. The van der Waals surface area contributed by atoms with Crippen molar-refractivity contribution in [1.29, 1.82) is 0 Å². The Balaban J connectivity index is 1.20. The summed E-state index contributed by atoms with van der Waals surface area (Å²) in [5, 5.41) is 70.1. The zero-order valence-corrected chi connectivity index (χ0v) is 50.6. The van der Waals surface area contributed by atoms with E-state index < -0.39 is 119 Å². The van der Waals surface area contributed by atoms with Crippen molar-refractivity contribution in [3.63, 3.8) is 0 Å². The third kappa shape index (κ3) is 15.5. The highest BCUT2D eigenvalue weighted by Crippen LogP contribution is 2.43. The van der Waals surface area contributed by atoms with E-state index in [9.17, 15) is 44.7 Å². The van der Waals surface area contributed by atoms with Gasteiger partial charge in [0, 0.05) is 74.6 Å². The lowest BCUT2D eigenvalue weighted by molar-refractivity contribution is -0.318. The van der Waals surface area contributed by atoms with Crippen LogP contribution < -0.4 is 16.1 Å². The molecule has 4 heterocycles. The number of carboxylic acids is 1. The van der Waals surface area contributed by atoms with Gasteiger partial charge in [-0.3, -0.25) is 14.4 Å². The van der Waals surface area contributed by atoms with Crippen molar-refractivity contribution in [2.24, 2.45) is 28.8 Å². The third-order valence-corrected chi connectivity index (χ3v) is 17.3. The van der Waals surface area contributed by atoms with Crippen LogP contribution in [0.15, 0.2) is 28.3 Å². The molecule has 458 valence electrons. The second-order valence-corrected chi connectivity index (χ2v) is 24.4. The maximum absolute atomic E-state index is 14.7. The SMILES string of the molecule is CCCO/N=C1\[C@H](C)C[C@@](C)(O)[C@H](O[C@@H]2O[C@H](C)C[C@H](N(C)C)[C@H]2O)[C@@H](C)C(O[C@H]2C[C@@](C)(OC)[C@@H](OC(=O)CCNCCNc3cc4c(=O)c(C(=O)O)cn(C5CC5)c4cc3Cl)[C@H](C)O2)[C@@H](C)C(=O)O[C@H](CC)[C@@](C)(O)[C@@H](O)[C@H]1C. The number of hydrogen-bond acceptors (Lipinski definition) is 20. The van der Waals surface area contributed by atoms with Gasteiger partial charge in [0.25, 0.3) is 0 Å². The van der Waals surface area contributed by atoms with E-state index in [4.69, 9.17) is 49.6 Å². The number of aromatic nitrogens is 1. The first-order valence-electron chi connectivity index (χ1n) is 28.8. The number of aliphatic hydroxyl groups is 4. The molecule has 4 aliphatic rings. The lowest BCUT2D eigenvalue weighted by Gasteiger charge is -2.49. The Kier molecular flexibility index (Phi) is 22.7. The summed E-state index contributed by atoms with van der Waals surface area (Å²) in [6.45, 7) is 20.2. The van der Waals surface area contributed by atoms with Crippen LogP contribution in [-0.4, -0.2) is 190 Å². The number of rotatable bonds is 20. The number of anilines is 1. The van der Waals surface area contributed by atoms with Crippen molar-refractivity contribution >= 4 is 51.8 Å². The molecule has 22 nitrogen and oxygen atoms in total. The highest BCUT2D eigenvalue weighted by Gasteiger charge is 2.54. The molecule has 1 aromatic heterocycles. The average molecular weight is 1170 g/mol. The summed E-state index contributed by atoms with van der Waals surface area (Å²) < 4.78 is 46.8. The summed E-state index contributed by atoms with van der Waals surface area (Å²) >= 11 is 6.64. The summed E-state index contributed by atoms with van der Waals surface area (Å²) in [6, 6.07) is 2.99. The summed E-state index contributed by atoms with van der Waals surface area (Å²) in [5.41, 5.74) is -4.49. The van der Waals surface area contributed by atoms with Gasteiger partial charge in [-0.15, -0.1) is 0 Å². The number of carboxylic acid groups (broad SMARTS) is 1. The van der Waals surface area contributed by atoms with Gasteiger partial charge in [-0.1, -0.05) is 51.4 Å². The van der Waals surface area contributed by atoms with Gasteiger partial charge >= 0.3 is 17.9 Å². The summed E-state index contributed by atoms with van der Waals surface area (Å²) in [5.74, 6) is -6.10. The molecule has 0 amide bonds. The number of halogens is 1. The zero-order chi connectivity index (χ0) is 60.1. The fourth-order valence-corrected chi connectivity index (χ4v) is 12.4. The number of nitrogens with zero attached hydrogens (tertiary/aromatic N) is 3. The minimum Gasteiger partial charge on any atom is -0.477 e. The number of esters is 2. The number of aromatic carboxylic acids is 1. The molecule has 23 heteroatoms. The molecule has 3 saturated heterocycles. The highest BCUT2D eigenvalue weighted by molar-refractivity contribution is 6.34. The number of likely N-dealkylation sites (N-methyl/N-ethyl adjacent to an activating group) is 1. The molecule has 1 aliphatic carbocycles. The molecule has 4 fully saturated rings. The molecule has 81 heavy (non-hydrogen) atoms. The maximum atomic E-state index is 14.7. The Morgan fingerprint density at radius 3 is 2.25 bits per heavy atom. The van der Waals surface area contributed by atoms with Crippen LogP contribution in [0.1, 0.15) is 144 Å². The first-order chi connectivity index (χ1) is 38.0. The van der Waals surface area contributed by atoms with Crippen molar-refractivity contribution in [3.8, 4) is 0 Å². The van der Waals surface area contributed by atoms with Gasteiger partial charge in [0.15, 0.2) is 18.7 Å². The first-order valence-corrected chi connectivity index (χ1v) is 29.2. The fourth-order valence-electron chi connectivity index (χ4n) is 12.1. The van der Waals surface area contributed by atoms with Gasteiger partial charge < -0.3 is 83.6 Å². The molecule has 1 unspecified atom stereocenters. The van der Waals surface area contributed by atoms with Crippen LogP contribution in [0.3, 0.4) is 0 Å². The van der Waals surface area contributed by atoms with Gasteiger partial charge in [0.2, 0.25) is 5.43 Å². The fraction of sp³-hybridized carbons (Fsp3) is 0.776. The Bertz CT molecular complexity index is 2560. The van der Waals surface area contributed by atoms with Crippen molar-refractivity contribution in [2.75, 3.05) is 52.8 Å². The number of pyridine rings is 1. The van der Waals surface area contributed by atoms with Gasteiger partial charge in [-0.05, 0) is 106 Å². The number of fused-ring (bicyclic) bond motifs is 1. The largest absolute Gasteiger partial charge is 0.477 e. The number of nitrogens with one attached hydrogen (secondary N) is 2. The van der Waals surface area contributed by atoms with E-state index in [2.05, 4.69) is 15.8 Å². The number of cyclic esters (lactones) is 1. The molecule has 0 radical (unpaired) electrons. The molecule has 1 saturated carbocycles. The molecular formula is C58H92ClN5O17. The normalized spacial score (nSPS) is 37.0. The second kappa shape index (κ2) is 27.8. The topological polar surface area (TPSA) is 288 Å². The lowest BCUT2D eigenvalue weighted by atomic mass is 9.73. The highest BCUT2D eigenvalue weighted by atomic mass is 35.5. The van der Waals surface area contributed by atoms with Crippen LogP contribution >= 0.6 is 11.6 Å². The Hall–Kier alpha value is -4.04. The van der Waals surface area contributed by atoms with Crippen LogP contribution in [0.2, 0.25) is 5.02 Å². The summed E-state index contributed by atoms with van der Waals surface area (Å²) in [6.07, 6.45) is -6.32. The zero-order valence-electron chi connectivity index (χ0n) is 49.8.